The van der Waals surface area contributed by atoms with Crippen LogP contribution in [-0.4, -0.2) is 58.8 Å². The number of rotatable bonds is 6. The Morgan fingerprint density at radius 3 is 2.71 bits per heavy atom. The Bertz CT molecular complexity index is 957. The second kappa shape index (κ2) is 9.01. The van der Waals surface area contributed by atoms with E-state index in [1.807, 2.05) is 6.92 Å². The largest absolute Gasteiger partial charge is 0.403 e. The molecular weight excluding hydrogens is 362 g/mol. The average molecular weight is 389 g/mol. The van der Waals surface area contributed by atoms with E-state index in [4.69, 9.17) is 9.25 Å². The number of oxime groups is 1. The van der Waals surface area contributed by atoms with Crippen LogP contribution in [0.15, 0.2) is 25.2 Å². The van der Waals surface area contributed by atoms with Gasteiger partial charge in [0.15, 0.2) is 0 Å². The van der Waals surface area contributed by atoms with Crippen LogP contribution in [0.4, 0.5) is 0 Å². The van der Waals surface area contributed by atoms with Crippen molar-refractivity contribution in [2.75, 3.05) is 33.2 Å². The molecule has 3 rings (SSSR count). The molecule has 0 spiro atoms. The third-order valence-electron chi connectivity index (χ3n) is 4.92. The van der Waals surface area contributed by atoms with Crippen molar-refractivity contribution in [1.82, 2.24) is 19.8 Å². The molecule has 0 unspecified atom stereocenters. The number of aromatic amines is 1. The van der Waals surface area contributed by atoms with E-state index >= 15 is 0 Å². The lowest BCUT2D eigenvalue weighted by molar-refractivity contribution is 0.205. The number of hydrogen-bond donors (Lipinski definition) is 1. The van der Waals surface area contributed by atoms with Crippen molar-refractivity contribution < 1.29 is 9.25 Å². The summed E-state index contributed by atoms with van der Waals surface area (Å²) in [7, 11) is 2.10. The first kappa shape index (κ1) is 20.1. The van der Waals surface area contributed by atoms with Crippen LogP contribution in [0.2, 0.25) is 0 Å². The number of hydrogen-bond acceptors (Lipinski definition) is 7. The Hall–Kier alpha value is -2.68. The van der Waals surface area contributed by atoms with Crippen molar-refractivity contribution >= 4 is 16.9 Å². The van der Waals surface area contributed by atoms with E-state index in [-0.39, 0.29) is 17.1 Å². The first-order valence-corrected chi connectivity index (χ1v) is 9.76. The molecule has 1 aliphatic rings. The summed E-state index contributed by atoms with van der Waals surface area (Å²) in [5.74, 6) is 0.835. The molecule has 0 atom stereocenters. The summed E-state index contributed by atoms with van der Waals surface area (Å²) in [6.45, 7) is 7.65. The van der Waals surface area contributed by atoms with Gasteiger partial charge in [0.1, 0.15) is 11.2 Å². The zero-order valence-electron chi connectivity index (χ0n) is 16.7. The topological polar surface area (TPSA) is 104 Å². The van der Waals surface area contributed by atoms with E-state index in [0.29, 0.717) is 12.0 Å². The van der Waals surface area contributed by atoms with E-state index in [1.165, 1.54) is 6.07 Å². The maximum absolute atomic E-state index is 12.4. The smallest absolute Gasteiger partial charge is 0.337 e. The average Bonchev–Trinajstić information content (AvgIpc) is 2.68. The van der Waals surface area contributed by atoms with Gasteiger partial charge in [-0.2, -0.15) is 4.98 Å². The van der Waals surface area contributed by atoms with Crippen molar-refractivity contribution in [3.8, 4) is 6.01 Å². The van der Waals surface area contributed by atoms with Crippen molar-refractivity contribution in [2.24, 2.45) is 5.16 Å². The van der Waals surface area contributed by atoms with Crippen LogP contribution >= 0.6 is 0 Å². The number of amidine groups is 1. The van der Waals surface area contributed by atoms with Gasteiger partial charge in [-0.1, -0.05) is 25.4 Å². The predicted molar refractivity (Wildman–Crippen MR) is 107 cm³/mol. The number of aromatic nitrogens is 2. The molecule has 0 aliphatic carbocycles. The molecule has 1 saturated heterocycles. The summed E-state index contributed by atoms with van der Waals surface area (Å²) in [6, 6.07) is 1.23. The first-order valence-electron chi connectivity index (χ1n) is 9.76. The molecule has 28 heavy (non-hydrogen) atoms. The molecule has 0 aromatic carbocycles. The lowest BCUT2D eigenvalue weighted by atomic mass is 10.1. The highest BCUT2D eigenvalue weighted by Gasteiger charge is 2.18. The van der Waals surface area contributed by atoms with Crippen LogP contribution in [0.1, 0.15) is 38.7 Å². The lowest BCUT2D eigenvalue weighted by Gasteiger charge is -2.34. The Labute approximate surface area is 163 Å². The monoisotopic (exact) mass is 389 g/mol. The molecule has 1 fully saturated rings. The van der Waals surface area contributed by atoms with Crippen molar-refractivity contribution in [1.29, 1.82) is 0 Å². The molecule has 0 radical (unpaired) electrons. The molecule has 2 aromatic heterocycles. The van der Waals surface area contributed by atoms with Crippen LogP contribution in [-0.2, 0) is 6.42 Å². The van der Waals surface area contributed by atoms with E-state index in [9.17, 15) is 9.59 Å². The fourth-order valence-electron chi connectivity index (χ4n) is 3.21. The highest BCUT2D eigenvalue weighted by Crippen LogP contribution is 2.14. The molecule has 0 amide bonds. The van der Waals surface area contributed by atoms with E-state index in [0.717, 1.165) is 51.3 Å². The fraction of sp³-hybridized carbons (Fsp3) is 0.579. The minimum atomic E-state index is -0.544. The lowest BCUT2D eigenvalue weighted by Crippen LogP contribution is -2.47. The van der Waals surface area contributed by atoms with Crippen LogP contribution in [0.3, 0.4) is 0 Å². The third-order valence-corrected chi connectivity index (χ3v) is 4.92. The van der Waals surface area contributed by atoms with Crippen molar-refractivity contribution in [3.05, 3.63) is 32.4 Å². The zero-order valence-corrected chi connectivity index (χ0v) is 16.7. The zero-order chi connectivity index (χ0) is 20.1. The van der Waals surface area contributed by atoms with Crippen molar-refractivity contribution in [3.63, 3.8) is 0 Å². The second-order valence-electron chi connectivity index (χ2n) is 6.99. The molecule has 9 nitrogen and oxygen atoms in total. The van der Waals surface area contributed by atoms with Gasteiger partial charge in [0.25, 0.3) is 5.56 Å². The Balaban J connectivity index is 1.88. The van der Waals surface area contributed by atoms with Gasteiger partial charge in [-0.05, 0) is 25.5 Å². The van der Waals surface area contributed by atoms with Crippen LogP contribution in [0.25, 0.3) is 11.1 Å². The number of fused-ring (bicyclic) bond motifs is 1. The number of aryl methyl sites for hydroxylation is 1. The Morgan fingerprint density at radius 1 is 1.29 bits per heavy atom. The van der Waals surface area contributed by atoms with Gasteiger partial charge >= 0.3 is 11.6 Å². The molecule has 9 heteroatoms. The quantitative estimate of drug-likeness (QED) is 0.454. The molecule has 0 saturated carbocycles. The first-order chi connectivity index (χ1) is 13.5. The standard InChI is InChI=1S/C19H27N5O4/c1-4-6-7-14(24-10-8-23(3)9-11-24)22-28-19-20-17(26)16-13(5-2)12-15(25)27-18(16)21-19/h12H,4-11H2,1-3H3,(H,20,21,26). The number of nitrogens with one attached hydrogen (secondary N) is 1. The Morgan fingerprint density at radius 2 is 2.04 bits per heavy atom. The van der Waals surface area contributed by atoms with Gasteiger partial charge < -0.3 is 19.1 Å². The molecule has 152 valence electrons. The van der Waals surface area contributed by atoms with Crippen LogP contribution in [0.5, 0.6) is 6.01 Å². The number of unbranched alkanes of at least 4 members (excludes halogenated alkanes) is 1. The highest BCUT2D eigenvalue weighted by molar-refractivity contribution is 5.82. The van der Waals surface area contributed by atoms with Gasteiger partial charge in [-0.3, -0.25) is 9.78 Å². The fourth-order valence-corrected chi connectivity index (χ4v) is 3.21. The third kappa shape index (κ3) is 4.59. The number of nitrogens with zero attached hydrogens (tertiary/aromatic N) is 4. The van der Waals surface area contributed by atoms with Crippen molar-refractivity contribution in [2.45, 2.75) is 39.5 Å². The molecule has 0 bridgehead atoms. The van der Waals surface area contributed by atoms with Gasteiger partial charge in [0, 0.05) is 38.7 Å². The number of H-pyrrole nitrogens is 1. The summed E-state index contributed by atoms with van der Waals surface area (Å²) in [5.41, 5.74) is -0.396. The van der Waals surface area contributed by atoms with Gasteiger partial charge in [0.05, 0.1) is 0 Å². The van der Waals surface area contributed by atoms with E-state index in [1.54, 1.807) is 0 Å². The minimum absolute atomic E-state index is 0.0343. The van der Waals surface area contributed by atoms with Gasteiger partial charge in [0.2, 0.25) is 5.71 Å². The molecular formula is C19H27N5O4. The predicted octanol–water partition coefficient (Wildman–Crippen LogP) is 1.57. The van der Waals surface area contributed by atoms with E-state index in [2.05, 4.69) is 38.9 Å². The summed E-state index contributed by atoms with van der Waals surface area (Å²) in [4.78, 5) is 40.8. The molecule has 2 aromatic rings. The van der Waals surface area contributed by atoms with Crippen LogP contribution in [0, 0.1) is 0 Å². The molecule has 3 heterocycles. The van der Waals surface area contributed by atoms with Crippen LogP contribution < -0.4 is 16.0 Å². The highest BCUT2D eigenvalue weighted by atomic mass is 16.6. The summed E-state index contributed by atoms with van der Waals surface area (Å²) in [6.07, 6.45) is 3.34. The summed E-state index contributed by atoms with van der Waals surface area (Å²) in [5, 5.41) is 4.53. The molecule has 1 N–H and O–H groups in total. The summed E-state index contributed by atoms with van der Waals surface area (Å²) >= 11 is 0. The Kier molecular flexibility index (Phi) is 6.45. The van der Waals surface area contributed by atoms with Gasteiger partial charge in [-0.25, -0.2) is 4.79 Å². The SMILES string of the molecule is CCCCC(=NOc1nc2oc(=O)cc(CC)c2c(=O)[nH]1)N1CCN(C)CC1. The maximum Gasteiger partial charge on any atom is 0.337 e. The van der Waals surface area contributed by atoms with Gasteiger partial charge in [-0.15, -0.1) is 0 Å². The normalized spacial score (nSPS) is 16.0. The van der Waals surface area contributed by atoms with E-state index < -0.39 is 11.2 Å². The summed E-state index contributed by atoms with van der Waals surface area (Å²) < 4.78 is 5.09. The number of piperazine rings is 1. The maximum atomic E-state index is 12.4. The second-order valence-corrected chi connectivity index (χ2v) is 6.99. The minimum Gasteiger partial charge on any atom is -0.403 e. The molecule has 1 aliphatic heterocycles. The number of likely N-dealkylation sites (N-methyl/N-ethyl adjacent to an activating group) is 1.